The lowest BCUT2D eigenvalue weighted by Crippen LogP contribution is -2.35. The zero-order valence-electron chi connectivity index (χ0n) is 15.5. The first-order valence-corrected chi connectivity index (χ1v) is 8.65. The van der Waals surface area contributed by atoms with Crippen molar-refractivity contribution in [3.05, 3.63) is 29.8 Å². The van der Waals surface area contributed by atoms with Gasteiger partial charge in [0.2, 0.25) is 0 Å². The van der Waals surface area contributed by atoms with Gasteiger partial charge in [0.25, 0.3) is 0 Å². The van der Waals surface area contributed by atoms with Crippen LogP contribution in [0, 0.1) is 5.92 Å². The second-order valence-corrected chi connectivity index (χ2v) is 6.52. The van der Waals surface area contributed by atoms with E-state index in [-0.39, 0.29) is 0 Å². The summed E-state index contributed by atoms with van der Waals surface area (Å²) < 4.78 is 16.0. The molecule has 0 aromatic heterocycles. The van der Waals surface area contributed by atoms with Gasteiger partial charge in [-0.2, -0.15) is 0 Å². The molecule has 0 aliphatic rings. The number of nitrogens with zero attached hydrogens (tertiary/aromatic N) is 1. The lowest BCUT2D eigenvalue weighted by molar-refractivity contribution is 0.00580. The second-order valence-electron chi connectivity index (χ2n) is 6.52. The molecule has 1 aromatic carbocycles. The summed E-state index contributed by atoms with van der Waals surface area (Å²) in [6.07, 6.45) is 0.442. The summed E-state index contributed by atoms with van der Waals surface area (Å²) in [5.41, 5.74) is 1.17. The summed E-state index contributed by atoms with van der Waals surface area (Å²) in [5, 5.41) is 10.2. The van der Waals surface area contributed by atoms with Gasteiger partial charge >= 0.3 is 0 Å². The average Bonchev–Trinajstić information content (AvgIpc) is 2.54. The maximum atomic E-state index is 10.2. The first kappa shape index (κ1) is 20.9. The number of hydrogen-bond donors (Lipinski definition) is 1. The van der Waals surface area contributed by atoms with Gasteiger partial charge in [0.05, 0.1) is 19.8 Å². The van der Waals surface area contributed by atoms with Gasteiger partial charge in [-0.25, -0.2) is 0 Å². The Bertz CT molecular complexity index is 439. The number of hydrogen-bond acceptors (Lipinski definition) is 5. The van der Waals surface area contributed by atoms with Crippen molar-refractivity contribution < 1.29 is 19.3 Å². The first-order chi connectivity index (χ1) is 11.5. The van der Waals surface area contributed by atoms with Gasteiger partial charge in [-0.3, -0.25) is 4.90 Å². The summed E-state index contributed by atoms with van der Waals surface area (Å²) in [6.45, 7) is 8.19. The smallest absolute Gasteiger partial charge is 0.119 e. The fourth-order valence-electron chi connectivity index (χ4n) is 2.49. The number of rotatable bonds is 13. The minimum Gasteiger partial charge on any atom is -0.497 e. The van der Waals surface area contributed by atoms with Crippen molar-refractivity contribution in [2.75, 3.05) is 47.1 Å². The highest BCUT2D eigenvalue weighted by atomic mass is 16.5. The van der Waals surface area contributed by atoms with Crippen molar-refractivity contribution in [3.8, 4) is 5.75 Å². The Morgan fingerprint density at radius 3 is 2.62 bits per heavy atom. The summed E-state index contributed by atoms with van der Waals surface area (Å²) in [6, 6.07) is 8.04. The first-order valence-electron chi connectivity index (χ1n) is 8.65. The van der Waals surface area contributed by atoms with Gasteiger partial charge in [-0.05, 0) is 30.0 Å². The minimum atomic E-state index is -0.489. The Labute approximate surface area is 146 Å². The fourth-order valence-corrected chi connectivity index (χ4v) is 2.49. The zero-order chi connectivity index (χ0) is 17.8. The van der Waals surface area contributed by atoms with E-state index in [9.17, 15) is 5.11 Å². The van der Waals surface area contributed by atoms with Crippen molar-refractivity contribution in [1.82, 2.24) is 4.90 Å². The molecule has 24 heavy (non-hydrogen) atoms. The molecule has 138 valence electrons. The van der Waals surface area contributed by atoms with Crippen LogP contribution in [0.1, 0.15) is 25.8 Å². The predicted octanol–water partition coefficient (Wildman–Crippen LogP) is 2.57. The Balaban J connectivity index is 2.55. The molecule has 1 aromatic rings. The van der Waals surface area contributed by atoms with Crippen LogP contribution in [0.3, 0.4) is 0 Å². The second kappa shape index (κ2) is 12.3. The van der Waals surface area contributed by atoms with Gasteiger partial charge in [-0.15, -0.1) is 0 Å². The molecule has 0 radical (unpaired) electrons. The topological polar surface area (TPSA) is 51.2 Å². The molecular weight excluding hydrogens is 306 g/mol. The zero-order valence-corrected chi connectivity index (χ0v) is 15.5. The lowest BCUT2D eigenvalue weighted by Gasteiger charge is -2.25. The number of ether oxygens (including phenoxy) is 3. The fraction of sp³-hybridized carbons (Fsp3) is 0.684. The molecule has 0 saturated heterocycles. The highest BCUT2D eigenvalue weighted by Gasteiger charge is 2.13. The predicted molar refractivity (Wildman–Crippen MR) is 96.4 cm³/mol. The largest absolute Gasteiger partial charge is 0.497 e. The molecule has 0 saturated carbocycles. The molecule has 0 aliphatic heterocycles. The van der Waals surface area contributed by atoms with E-state index in [1.54, 1.807) is 14.2 Å². The van der Waals surface area contributed by atoms with Gasteiger partial charge in [0.15, 0.2) is 0 Å². The maximum Gasteiger partial charge on any atom is 0.119 e. The van der Waals surface area contributed by atoms with Crippen molar-refractivity contribution in [2.24, 2.45) is 5.92 Å². The molecule has 0 spiro atoms. The van der Waals surface area contributed by atoms with Gasteiger partial charge in [0.1, 0.15) is 5.75 Å². The Morgan fingerprint density at radius 2 is 1.96 bits per heavy atom. The SMILES string of the molecule is COCCCN(Cc1cccc(OC)c1)C[C@H](O)COCC(C)C. The Hall–Kier alpha value is -1.14. The quantitative estimate of drug-likeness (QED) is 0.560. The standard InChI is InChI=1S/C19H33NO4/c1-16(2)14-24-15-18(21)13-20(9-6-10-22-3)12-17-7-5-8-19(11-17)23-4/h5,7-8,11,16,18,21H,6,9-10,12-15H2,1-4H3/t18-/m0/s1. The molecule has 5 heteroatoms. The van der Waals surface area contributed by atoms with E-state index in [1.165, 1.54) is 5.56 Å². The van der Waals surface area contributed by atoms with Crippen molar-refractivity contribution in [3.63, 3.8) is 0 Å². The molecule has 0 heterocycles. The van der Waals surface area contributed by atoms with E-state index in [2.05, 4.69) is 24.8 Å². The molecule has 0 fully saturated rings. The molecule has 0 aliphatic carbocycles. The Kier molecular flexibility index (Phi) is 10.7. The van der Waals surface area contributed by atoms with Gasteiger partial charge in [-0.1, -0.05) is 26.0 Å². The average molecular weight is 339 g/mol. The van der Waals surface area contributed by atoms with Crippen LogP contribution >= 0.6 is 0 Å². The molecule has 0 amide bonds. The van der Waals surface area contributed by atoms with Gasteiger partial charge in [0, 0.05) is 40.0 Å². The third kappa shape index (κ3) is 9.23. The molecule has 0 unspecified atom stereocenters. The van der Waals surface area contributed by atoms with E-state index in [0.717, 1.165) is 25.3 Å². The molecule has 1 atom stereocenters. The van der Waals surface area contributed by atoms with Crippen LogP contribution in [-0.2, 0) is 16.0 Å². The van der Waals surface area contributed by atoms with E-state index >= 15 is 0 Å². The monoisotopic (exact) mass is 339 g/mol. The summed E-state index contributed by atoms with van der Waals surface area (Å²) in [7, 11) is 3.38. The number of benzene rings is 1. The highest BCUT2D eigenvalue weighted by molar-refractivity contribution is 5.28. The van der Waals surface area contributed by atoms with Crippen LogP contribution in [0.25, 0.3) is 0 Å². The van der Waals surface area contributed by atoms with Crippen LogP contribution in [0.4, 0.5) is 0 Å². The summed E-state index contributed by atoms with van der Waals surface area (Å²) in [5.74, 6) is 1.33. The summed E-state index contributed by atoms with van der Waals surface area (Å²) >= 11 is 0. The molecular formula is C19H33NO4. The number of aliphatic hydroxyl groups excluding tert-OH is 1. The van der Waals surface area contributed by atoms with Crippen molar-refractivity contribution in [2.45, 2.75) is 32.9 Å². The molecule has 1 N–H and O–H groups in total. The minimum absolute atomic E-state index is 0.372. The van der Waals surface area contributed by atoms with E-state index in [1.807, 2.05) is 18.2 Å². The van der Waals surface area contributed by atoms with Crippen LogP contribution in [0.2, 0.25) is 0 Å². The van der Waals surface area contributed by atoms with Crippen molar-refractivity contribution in [1.29, 1.82) is 0 Å². The molecule has 1 rings (SSSR count). The molecule has 5 nitrogen and oxygen atoms in total. The maximum absolute atomic E-state index is 10.2. The number of methoxy groups -OCH3 is 2. The Morgan fingerprint density at radius 1 is 1.17 bits per heavy atom. The van der Waals surface area contributed by atoms with Crippen LogP contribution in [-0.4, -0.2) is 63.2 Å². The van der Waals surface area contributed by atoms with Gasteiger partial charge < -0.3 is 19.3 Å². The van der Waals surface area contributed by atoms with Crippen LogP contribution in [0.5, 0.6) is 5.75 Å². The number of aliphatic hydroxyl groups is 1. The summed E-state index contributed by atoms with van der Waals surface area (Å²) in [4.78, 5) is 2.23. The van der Waals surface area contributed by atoms with Crippen LogP contribution < -0.4 is 4.74 Å². The van der Waals surface area contributed by atoms with Crippen LogP contribution in [0.15, 0.2) is 24.3 Å². The highest BCUT2D eigenvalue weighted by Crippen LogP contribution is 2.15. The van der Waals surface area contributed by atoms with E-state index in [4.69, 9.17) is 14.2 Å². The van der Waals surface area contributed by atoms with E-state index in [0.29, 0.717) is 32.3 Å². The third-order valence-corrected chi connectivity index (χ3v) is 3.59. The van der Waals surface area contributed by atoms with Crippen molar-refractivity contribution >= 4 is 0 Å². The van der Waals surface area contributed by atoms with E-state index < -0.39 is 6.10 Å². The lowest BCUT2D eigenvalue weighted by atomic mass is 10.2. The molecule has 0 bridgehead atoms. The third-order valence-electron chi connectivity index (χ3n) is 3.59. The normalized spacial score (nSPS) is 12.8.